The van der Waals surface area contributed by atoms with Gasteiger partial charge in [-0.15, -0.1) is 0 Å². The number of nitrogens with one attached hydrogen (secondary N) is 3. The molecular weight excluding hydrogens is 416 g/mol. The molecule has 0 aromatic heterocycles. The molecule has 10 nitrogen and oxygen atoms in total. The Hall–Kier alpha value is -2.20. The van der Waals surface area contributed by atoms with E-state index in [9.17, 15) is 29.4 Å². The number of aliphatic hydroxyl groups is 1. The number of carboxylic acids is 1. The summed E-state index contributed by atoms with van der Waals surface area (Å²) in [6.45, 7) is 12.4. The molecule has 7 N–H and O–H groups in total. The van der Waals surface area contributed by atoms with Crippen LogP contribution < -0.4 is 21.7 Å². The molecule has 32 heavy (non-hydrogen) atoms. The third kappa shape index (κ3) is 9.52. The summed E-state index contributed by atoms with van der Waals surface area (Å²) in [5.74, 6) is -3.46. The molecule has 10 heteroatoms. The highest BCUT2D eigenvalue weighted by atomic mass is 16.4. The van der Waals surface area contributed by atoms with E-state index in [0.717, 1.165) is 0 Å². The average molecular weight is 459 g/mol. The van der Waals surface area contributed by atoms with Gasteiger partial charge in [-0.25, -0.2) is 4.79 Å². The summed E-state index contributed by atoms with van der Waals surface area (Å²) in [6.07, 6.45) is 0.291. The van der Waals surface area contributed by atoms with Gasteiger partial charge >= 0.3 is 5.97 Å². The summed E-state index contributed by atoms with van der Waals surface area (Å²) in [5, 5.41) is 26.8. The number of amides is 3. The fourth-order valence-corrected chi connectivity index (χ4v) is 3.07. The summed E-state index contributed by atoms with van der Waals surface area (Å²) in [5.41, 5.74) is 5.68. The molecule has 0 rings (SSSR count). The van der Waals surface area contributed by atoms with Crippen LogP contribution in [0.3, 0.4) is 0 Å². The number of hydrogen-bond donors (Lipinski definition) is 6. The van der Waals surface area contributed by atoms with Crippen molar-refractivity contribution in [2.75, 3.05) is 0 Å². The molecule has 3 amide bonds. The van der Waals surface area contributed by atoms with Crippen LogP contribution in [0.4, 0.5) is 0 Å². The average Bonchev–Trinajstić information content (AvgIpc) is 2.72. The van der Waals surface area contributed by atoms with Gasteiger partial charge in [-0.1, -0.05) is 54.4 Å². The molecule has 0 saturated carbocycles. The van der Waals surface area contributed by atoms with Gasteiger partial charge in [-0.3, -0.25) is 14.4 Å². The largest absolute Gasteiger partial charge is 0.480 e. The third-order valence-electron chi connectivity index (χ3n) is 5.73. The second-order valence-corrected chi connectivity index (χ2v) is 9.04. The highest BCUT2D eigenvalue weighted by molar-refractivity contribution is 5.94. The molecule has 0 aromatic carbocycles. The van der Waals surface area contributed by atoms with Crippen LogP contribution in [0.1, 0.15) is 67.7 Å². The Kier molecular flexibility index (Phi) is 13.1. The van der Waals surface area contributed by atoms with E-state index in [1.807, 2.05) is 27.7 Å². The van der Waals surface area contributed by atoms with Crippen molar-refractivity contribution in [3.8, 4) is 0 Å². The molecular formula is C22H42N4O6. The Bertz CT molecular complexity index is 640. The summed E-state index contributed by atoms with van der Waals surface area (Å²) < 4.78 is 0. The van der Waals surface area contributed by atoms with Crippen LogP contribution in [0.15, 0.2) is 0 Å². The van der Waals surface area contributed by atoms with Crippen molar-refractivity contribution >= 4 is 23.7 Å². The van der Waals surface area contributed by atoms with Gasteiger partial charge in [0.1, 0.15) is 24.2 Å². The minimum absolute atomic E-state index is 0.0520. The second kappa shape index (κ2) is 14.1. The maximum absolute atomic E-state index is 13.1. The van der Waals surface area contributed by atoms with Crippen LogP contribution in [0.25, 0.3) is 0 Å². The summed E-state index contributed by atoms with van der Waals surface area (Å²) >= 11 is 0. The van der Waals surface area contributed by atoms with Gasteiger partial charge in [0.2, 0.25) is 17.7 Å². The number of aliphatic hydroxyl groups excluding tert-OH is 1. The zero-order chi connectivity index (χ0) is 25.2. The van der Waals surface area contributed by atoms with Gasteiger partial charge in [-0.2, -0.15) is 0 Å². The van der Waals surface area contributed by atoms with Crippen LogP contribution in [0, 0.1) is 17.8 Å². The van der Waals surface area contributed by atoms with Crippen molar-refractivity contribution in [2.45, 2.75) is 98.0 Å². The predicted molar refractivity (Wildman–Crippen MR) is 121 cm³/mol. The Morgan fingerprint density at radius 3 is 1.53 bits per heavy atom. The van der Waals surface area contributed by atoms with E-state index in [0.29, 0.717) is 12.8 Å². The van der Waals surface area contributed by atoms with Crippen LogP contribution in [0.5, 0.6) is 0 Å². The SMILES string of the molecule is CCC(C)C(NC(=O)C(N)C(C)O)C(=O)NC(C(=O)NC(CC(C)C)C(=O)O)C(C)CC. The Balaban J connectivity index is 5.63. The molecule has 0 bridgehead atoms. The van der Waals surface area contributed by atoms with Gasteiger partial charge in [-0.05, 0) is 31.1 Å². The third-order valence-corrected chi connectivity index (χ3v) is 5.73. The maximum atomic E-state index is 13.1. The summed E-state index contributed by atoms with van der Waals surface area (Å²) in [4.78, 5) is 49.9. The molecule has 0 heterocycles. The number of aliphatic carboxylic acids is 1. The molecule has 7 unspecified atom stereocenters. The van der Waals surface area contributed by atoms with E-state index in [4.69, 9.17) is 5.73 Å². The van der Waals surface area contributed by atoms with Crippen molar-refractivity contribution in [3.05, 3.63) is 0 Å². The number of hydrogen-bond acceptors (Lipinski definition) is 6. The molecule has 0 aliphatic rings. The Morgan fingerprint density at radius 1 is 0.781 bits per heavy atom. The van der Waals surface area contributed by atoms with Gasteiger partial charge < -0.3 is 31.9 Å². The van der Waals surface area contributed by atoms with E-state index < -0.39 is 54.0 Å². The second-order valence-electron chi connectivity index (χ2n) is 9.04. The van der Waals surface area contributed by atoms with Crippen LogP contribution in [-0.4, -0.2) is 64.2 Å². The van der Waals surface area contributed by atoms with Crippen molar-refractivity contribution in [2.24, 2.45) is 23.5 Å². The van der Waals surface area contributed by atoms with Crippen molar-refractivity contribution in [1.82, 2.24) is 16.0 Å². The minimum atomic E-state index is -1.20. The lowest BCUT2D eigenvalue weighted by Crippen LogP contribution is -2.60. The fourth-order valence-electron chi connectivity index (χ4n) is 3.07. The molecule has 0 fully saturated rings. The van der Waals surface area contributed by atoms with Crippen LogP contribution in [0.2, 0.25) is 0 Å². The lowest BCUT2D eigenvalue weighted by molar-refractivity contribution is -0.143. The van der Waals surface area contributed by atoms with Crippen LogP contribution >= 0.6 is 0 Å². The lowest BCUT2D eigenvalue weighted by atomic mass is 9.94. The molecule has 186 valence electrons. The monoisotopic (exact) mass is 458 g/mol. The predicted octanol–water partition coefficient (Wildman–Crippen LogP) is 0.372. The standard InChI is InChI=1S/C22H42N4O6/c1-8-12(5)17(20(29)24-15(22(31)32)10-11(3)4)26-21(30)18(13(6)9-2)25-19(28)16(23)14(7)27/h11-18,27H,8-10,23H2,1-7H3,(H,24,29)(H,25,28)(H,26,30)(H,31,32). The molecule has 0 saturated heterocycles. The van der Waals surface area contributed by atoms with Gasteiger partial charge in [0, 0.05) is 0 Å². The molecule has 0 radical (unpaired) electrons. The smallest absolute Gasteiger partial charge is 0.326 e. The fraction of sp³-hybridized carbons (Fsp3) is 0.818. The van der Waals surface area contributed by atoms with Crippen molar-refractivity contribution < 1.29 is 29.4 Å². The summed E-state index contributed by atoms with van der Waals surface area (Å²) in [6, 6.07) is -4.21. The molecule has 0 aromatic rings. The van der Waals surface area contributed by atoms with Crippen molar-refractivity contribution in [1.29, 1.82) is 0 Å². The van der Waals surface area contributed by atoms with E-state index in [1.54, 1.807) is 13.8 Å². The first-order valence-corrected chi connectivity index (χ1v) is 11.3. The Morgan fingerprint density at radius 2 is 1.19 bits per heavy atom. The highest BCUT2D eigenvalue weighted by Crippen LogP contribution is 2.14. The normalized spacial score (nSPS) is 17.9. The van der Waals surface area contributed by atoms with Gasteiger partial charge in [0.15, 0.2) is 0 Å². The number of carbonyl (C=O) groups is 4. The maximum Gasteiger partial charge on any atom is 0.326 e. The van der Waals surface area contributed by atoms with E-state index in [1.165, 1.54) is 6.92 Å². The number of carboxylic acid groups (broad SMARTS) is 1. The number of nitrogens with two attached hydrogens (primary N) is 1. The zero-order valence-electron chi connectivity index (χ0n) is 20.3. The quantitative estimate of drug-likeness (QED) is 0.218. The van der Waals surface area contributed by atoms with E-state index in [2.05, 4.69) is 16.0 Å². The summed E-state index contributed by atoms with van der Waals surface area (Å²) in [7, 11) is 0. The zero-order valence-corrected chi connectivity index (χ0v) is 20.3. The van der Waals surface area contributed by atoms with Gasteiger partial charge in [0.25, 0.3) is 0 Å². The number of rotatable bonds is 14. The molecule has 7 atom stereocenters. The van der Waals surface area contributed by atoms with E-state index in [-0.39, 0.29) is 24.2 Å². The highest BCUT2D eigenvalue weighted by Gasteiger charge is 2.34. The van der Waals surface area contributed by atoms with Gasteiger partial charge in [0.05, 0.1) is 6.10 Å². The minimum Gasteiger partial charge on any atom is -0.480 e. The first kappa shape index (κ1) is 29.8. The molecule has 0 aliphatic carbocycles. The first-order valence-electron chi connectivity index (χ1n) is 11.3. The molecule has 0 aliphatic heterocycles. The van der Waals surface area contributed by atoms with Crippen LogP contribution in [-0.2, 0) is 19.2 Å². The Labute approximate surface area is 191 Å². The number of carbonyl (C=O) groups excluding carboxylic acids is 3. The topological polar surface area (TPSA) is 171 Å². The lowest BCUT2D eigenvalue weighted by Gasteiger charge is -2.30. The van der Waals surface area contributed by atoms with Crippen molar-refractivity contribution in [3.63, 3.8) is 0 Å². The van der Waals surface area contributed by atoms with E-state index >= 15 is 0 Å². The first-order chi connectivity index (χ1) is 14.8. The molecule has 0 spiro atoms.